The summed E-state index contributed by atoms with van der Waals surface area (Å²) in [7, 11) is 1.56. The van der Waals surface area contributed by atoms with Gasteiger partial charge < -0.3 is 9.30 Å². The highest BCUT2D eigenvalue weighted by molar-refractivity contribution is 6.16. The van der Waals surface area contributed by atoms with E-state index in [1.54, 1.807) is 32.4 Å². The number of aryl methyl sites for hydroxylation is 1. The van der Waals surface area contributed by atoms with Crippen LogP contribution in [0.1, 0.15) is 61.0 Å². The minimum Gasteiger partial charge on any atom is -0.480 e. The lowest BCUT2D eigenvalue weighted by atomic mass is 9.87. The molecule has 4 heterocycles. The van der Waals surface area contributed by atoms with Gasteiger partial charge in [-0.15, -0.1) is 5.11 Å². The van der Waals surface area contributed by atoms with Crippen molar-refractivity contribution in [3.05, 3.63) is 71.1 Å². The van der Waals surface area contributed by atoms with Crippen LogP contribution in [0.15, 0.2) is 68.8 Å². The SMILES string of the molecule is CCn1cc(C(F)(F)F)nc1-c1ccc(C(C)C2N=C(c3c(OC)ncnc3C3CC3)N=C3N=NC=C32)cc1. The Balaban J connectivity index is 1.35. The van der Waals surface area contributed by atoms with Crippen molar-refractivity contribution < 1.29 is 17.9 Å². The molecule has 200 valence electrons. The molecule has 0 amide bonds. The zero-order valence-electron chi connectivity index (χ0n) is 21.5. The van der Waals surface area contributed by atoms with Crippen LogP contribution in [0.25, 0.3) is 11.4 Å². The molecule has 0 saturated heterocycles. The van der Waals surface area contributed by atoms with Crippen molar-refractivity contribution in [3.8, 4) is 17.3 Å². The maximum Gasteiger partial charge on any atom is 0.434 e. The van der Waals surface area contributed by atoms with Crippen LogP contribution in [0.5, 0.6) is 5.88 Å². The first-order chi connectivity index (χ1) is 18.8. The number of alkyl halides is 3. The van der Waals surface area contributed by atoms with Crippen LogP contribution in [-0.2, 0) is 12.7 Å². The first-order valence-corrected chi connectivity index (χ1v) is 12.7. The number of amidine groups is 2. The Kier molecular flexibility index (Phi) is 6.12. The first-order valence-electron chi connectivity index (χ1n) is 12.7. The van der Waals surface area contributed by atoms with Gasteiger partial charge in [-0.05, 0) is 25.3 Å². The second-order valence-electron chi connectivity index (χ2n) is 9.69. The van der Waals surface area contributed by atoms with Gasteiger partial charge in [-0.3, -0.25) is 4.99 Å². The zero-order valence-corrected chi connectivity index (χ0v) is 21.5. The number of imidazole rings is 1. The molecule has 1 fully saturated rings. The lowest BCUT2D eigenvalue weighted by Gasteiger charge is -2.26. The van der Waals surface area contributed by atoms with E-state index >= 15 is 0 Å². The zero-order chi connectivity index (χ0) is 27.3. The van der Waals surface area contributed by atoms with Crippen molar-refractivity contribution >= 4 is 11.7 Å². The van der Waals surface area contributed by atoms with Gasteiger partial charge in [-0.1, -0.05) is 31.2 Å². The molecule has 0 N–H and O–H groups in total. The van der Waals surface area contributed by atoms with E-state index in [4.69, 9.17) is 9.73 Å². The van der Waals surface area contributed by atoms with E-state index in [2.05, 4.69) is 30.2 Å². The van der Waals surface area contributed by atoms with Gasteiger partial charge in [-0.2, -0.15) is 18.3 Å². The number of azo groups is 1. The summed E-state index contributed by atoms with van der Waals surface area (Å²) >= 11 is 0. The van der Waals surface area contributed by atoms with Crippen molar-refractivity contribution in [2.75, 3.05) is 7.11 Å². The molecule has 6 rings (SSSR count). The van der Waals surface area contributed by atoms with Crippen molar-refractivity contribution in [2.45, 2.75) is 57.3 Å². The minimum absolute atomic E-state index is 0.119. The quantitative estimate of drug-likeness (QED) is 0.374. The molecule has 1 saturated carbocycles. The van der Waals surface area contributed by atoms with Gasteiger partial charge in [0.1, 0.15) is 17.7 Å². The van der Waals surface area contributed by atoms with E-state index in [-0.39, 0.29) is 17.8 Å². The van der Waals surface area contributed by atoms with Crippen molar-refractivity contribution in [1.29, 1.82) is 0 Å². The van der Waals surface area contributed by atoms with E-state index in [0.29, 0.717) is 41.1 Å². The molecule has 3 aliphatic rings. The number of hydrogen-bond acceptors (Lipinski definition) is 8. The fourth-order valence-corrected chi connectivity index (χ4v) is 4.94. The Hall–Kier alpha value is -4.22. The van der Waals surface area contributed by atoms with E-state index in [1.807, 2.05) is 19.1 Å². The van der Waals surface area contributed by atoms with Crippen molar-refractivity contribution in [2.24, 2.45) is 20.2 Å². The summed E-state index contributed by atoms with van der Waals surface area (Å²) in [6.07, 6.45) is 1.78. The predicted molar refractivity (Wildman–Crippen MR) is 138 cm³/mol. The summed E-state index contributed by atoms with van der Waals surface area (Å²) in [6, 6.07) is 7.03. The normalized spacial score (nSPS) is 19.3. The van der Waals surface area contributed by atoms with E-state index in [9.17, 15) is 13.2 Å². The summed E-state index contributed by atoms with van der Waals surface area (Å²) in [6.45, 7) is 4.19. The first kappa shape index (κ1) is 25.1. The molecular formula is C27H25F3N8O. The summed E-state index contributed by atoms with van der Waals surface area (Å²) < 4.78 is 46.8. The largest absolute Gasteiger partial charge is 0.480 e. The summed E-state index contributed by atoms with van der Waals surface area (Å²) in [5.41, 5.74) is 2.99. The maximum atomic E-state index is 13.3. The van der Waals surface area contributed by atoms with Gasteiger partial charge in [0, 0.05) is 35.7 Å². The number of rotatable bonds is 7. The van der Waals surface area contributed by atoms with Gasteiger partial charge in [-0.25, -0.2) is 19.9 Å². The third-order valence-electron chi connectivity index (χ3n) is 7.20. The lowest BCUT2D eigenvalue weighted by Crippen LogP contribution is -2.27. The number of aliphatic imine (C=N–C) groups is 2. The Labute approximate surface area is 222 Å². The lowest BCUT2D eigenvalue weighted by molar-refractivity contribution is -0.140. The van der Waals surface area contributed by atoms with Gasteiger partial charge >= 0.3 is 6.18 Å². The van der Waals surface area contributed by atoms with Crippen LogP contribution >= 0.6 is 0 Å². The highest BCUT2D eigenvalue weighted by Gasteiger charge is 2.37. The number of ether oxygens (including phenoxy) is 1. The number of halogens is 3. The number of nitrogens with zero attached hydrogens (tertiary/aromatic N) is 8. The third-order valence-corrected chi connectivity index (χ3v) is 7.20. The number of methoxy groups -OCH3 is 1. The fourth-order valence-electron chi connectivity index (χ4n) is 4.94. The van der Waals surface area contributed by atoms with Crippen LogP contribution in [-0.4, -0.2) is 44.3 Å². The molecule has 0 radical (unpaired) electrons. The third kappa shape index (κ3) is 4.53. The Bertz CT molecular complexity index is 1550. The molecule has 2 aromatic heterocycles. The highest BCUT2D eigenvalue weighted by Crippen LogP contribution is 2.43. The average molecular weight is 535 g/mol. The number of hydrogen-bond donors (Lipinski definition) is 0. The van der Waals surface area contributed by atoms with Crippen LogP contribution in [0.4, 0.5) is 13.2 Å². The van der Waals surface area contributed by atoms with Gasteiger partial charge in [0.05, 0.1) is 25.0 Å². The van der Waals surface area contributed by atoms with Crippen LogP contribution < -0.4 is 4.74 Å². The standard InChI is InChI=1S/C27H25F3N8O/c1-4-38-12-19(27(28,29)30)34-25(38)17-9-5-15(6-10-17)14(2)21-18-11-33-37-23(18)36-24(35-21)20-22(16-7-8-16)31-13-32-26(20)39-3/h5-6,9-14,16,21H,4,7-8H2,1-3H3. The minimum atomic E-state index is -4.50. The van der Waals surface area contributed by atoms with Crippen LogP contribution in [0, 0.1) is 0 Å². The molecule has 1 aliphatic carbocycles. The average Bonchev–Trinajstić information content (AvgIpc) is 3.50. The maximum absolute atomic E-state index is 13.3. The molecule has 2 aliphatic heterocycles. The molecule has 1 aromatic carbocycles. The number of fused-ring (bicyclic) bond motifs is 1. The number of benzene rings is 1. The highest BCUT2D eigenvalue weighted by atomic mass is 19.4. The Morgan fingerprint density at radius 3 is 2.54 bits per heavy atom. The molecule has 3 aromatic rings. The molecule has 2 unspecified atom stereocenters. The van der Waals surface area contributed by atoms with E-state index in [1.165, 1.54) is 10.9 Å². The topological polar surface area (TPSA) is 102 Å². The second kappa shape index (κ2) is 9.51. The molecular weight excluding hydrogens is 509 g/mol. The fraction of sp³-hybridized carbons (Fsp3) is 0.370. The molecule has 39 heavy (non-hydrogen) atoms. The molecule has 2 atom stereocenters. The van der Waals surface area contributed by atoms with Crippen molar-refractivity contribution in [1.82, 2.24) is 19.5 Å². The Morgan fingerprint density at radius 2 is 1.87 bits per heavy atom. The van der Waals surface area contributed by atoms with E-state index < -0.39 is 11.9 Å². The van der Waals surface area contributed by atoms with Gasteiger partial charge in [0.2, 0.25) is 5.88 Å². The number of aromatic nitrogens is 4. The van der Waals surface area contributed by atoms with Crippen LogP contribution in [0.3, 0.4) is 0 Å². The molecule has 12 heteroatoms. The van der Waals surface area contributed by atoms with E-state index in [0.717, 1.165) is 35.9 Å². The smallest absolute Gasteiger partial charge is 0.434 e. The monoisotopic (exact) mass is 534 g/mol. The van der Waals surface area contributed by atoms with Gasteiger partial charge in [0.25, 0.3) is 0 Å². The van der Waals surface area contributed by atoms with Gasteiger partial charge in [0.15, 0.2) is 17.4 Å². The van der Waals surface area contributed by atoms with Crippen LogP contribution in [0.2, 0.25) is 0 Å². The summed E-state index contributed by atoms with van der Waals surface area (Å²) in [5, 5.41) is 8.30. The summed E-state index contributed by atoms with van der Waals surface area (Å²) in [4.78, 5) is 22.4. The predicted octanol–water partition coefficient (Wildman–Crippen LogP) is 5.95. The summed E-state index contributed by atoms with van der Waals surface area (Å²) in [5.74, 6) is 1.84. The Morgan fingerprint density at radius 1 is 1.10 bits per heavy atom. The molecule has 9 nitrogen and oxygen atoms in total. The molecule has 0 spiro atoms. The second-order valence-corrected chi connectivity index (χ2v) is 9.69. The molecule has 0 bridgehead atoms. The van der Waals surface area contributed by atoms with Crippen molar-refractivity contribution in [3.63, 3.8) is 0 Å².